The van der Waals surface area contributed by atoms with Gasteiger partial charge in [0.1, 0.15) is 0 Å². The molecule has 0 heterocycles. The first-order chi connectivity index (χ1) is 8.40. The number of isothiocyanates is 1. The van der Waals surface area contributed by atoms with E-state index in [2.05, 4.69) is 21.9 Å². The Balaban J connectivity index is 3.34. The van der Waals surface area contributed by atoms with E-state index in [1.54, 1.807) is 0 Å². The van der Waals surface area contributed by atoms with Crippen LogP contribution in [0.15, 0.2) is 23.2 Å². The van der Waals surface area contributed by atoms with Crippen molar-refractivity contribution in [3.8, 4) is 0 Å². The summed E-state index contributed by atoms with van der Waals surface area (Å²) in [7, 11) is 0. The summed E-state index contributed by atoms with van der Waals surface area (Å²) >= 11 is 4.31. The summed E-state index contributed by atoms with van der Waals surface area (Å²) in [5, 5.41) is 1.96. The van der Waals surface area contributed by atoms with E-state index in [9.17, 15) is 18.0 Å². The van der Waals surface area contributed by atoms with Crippen molar-refractivity contribution in [2.75, 3.05) is 6.61 Å². The topological polar surface area (TPSA) is 38.7 Å². The van der Waals surface area contributed by atoms with Crippen molar-refractivity contribution in [1.29, 1.82) is 0 Å². The Morgan fingerprint density at radius 2 is 2.17 bits per heavy atom. The minimum Gasteiger partial charge on any atom is -0.462 e. The Morgan fingerprint density at radius 1 is 1.50 bits per heavy atom. The first-order valence-electron chi connectivity index (χ1n) is 4.86. The van der Waals surface area contributed by atoms with Crippen LogP contribution in [0.5, 0.6) is 0 Å². The van der Waals surface area contributed by atoms with Crippen LogP contribution in [0.3, 0.4) is 0 Å². The Kier molecular flexibility index (Phi) is 4.58. The van der Waals surface area contributed by atoms with E-state index in [0.29, 0.717) is 0 Å². The van der Waals surface area contributed by atoms with Gasteiger partial charge in [-0.05, 0) is 37.3 Å². The average Bonchev–Trinajstić information content (AvgIpc) is 2.28. The molecule has 18 heavy (non-hydrogen) atoms. The summed E-state index contributed by atoms with van der Waals surface area (Å²) in [6, 6.07) is 2.97. The van der Waals surface area contributed by atoms with Gasteiger partial charge < -0.3 is 4.74 Å². The van der Waals surface area contributed by atoms with Gasteiger partial charge in [-0.15, -0.1) is 0 Å². The van der Waals surface area contributed by atoms with Crippen LogP contribution in [0.25, 0.3) is 0 Å². The predicted octanol–water partition coefficient (Wildman–Crippen LogP) is 3.62. The summed E-state index contributed by atoms with van der Waals surface area (Å²) in [6.45, 7) is 1.51. The van der Waals surface area contributed by atoms with Crippen molar-refractivity contribution in [2.45, 2.75) is 13.1 Å². The molecule has 0 saturated carbocycles. The van der Waals surface area contributed by atoms with Gasteiger partial charge in [-0.3, -0.25) is 0 Å². The highest BCUT2D eigenvalue weighted by molar-refractivity contribution is 7.78. The molecule has 0 saturated heterocycles. The highest BCUT2D eigenvalue weighted by Crippen LogP contribution is 2.34. The molecular formula is C11H8F3NO2S. The maximum Gasteiger partial charge on any atom is 0.417 e. The van der Waals surface area contributed by atoms with E-state index in [4.69, 9.17) is 0 Å². The van der Waals surface area contributed by atoms with Gasteiger partial charge in [0.25, 0.3) is 0 Å². The molecule has 0 N–H and O–H groups in total. The molecule has 96 valence electrons. The number of hydrogen-bond donors (Lipinski definition) is 0. The van der Waals surface area contributed by atoms with E-state index in [1.165, 1.54) is 13.0 Å². The van der Waals surface area contributed by atoms with Crippen LogP contribution < -0.4 is 0 Å². The highest BCUT2D eigenvalue weighted by atomic mass is 32.1. The van der Waals surface area contributed by atoms with Crippen molar-refractivity contribution in [3.05, 3.63) is 29.3 Å². The number of alkyl halides is 3. The number of aliphatic imine (C=N–C) groups is 1. The fourth-order valence-corrected chi connectivity index (χ4v) is 1.38. The van der Waals surface area contributed by atoms with Gasteiger partial charge in [-0.1, -0.05) is 0 Å². The Hall–Kier alpha value is -1.72. The lowest BCUT2D eigenvalue weighted by molar-refractivity contribution is -0.138. The first-order valence-corrected chi connectivity index (χ1v) is 5.27. The maximum absolute atomic E-state index is 12.8. The van der Waals surface area contributed by atoms with Gasteiger partial charge in [0, 0.05) is 0 Å². The third kappa shape index (κ3) is 3.38. The molecular weight excluding hydrogens is 267 g/mol. The SMILES string of the molecule is CCOC(=O)c1ccc(N=C=S)cc1C(F)(F)F. The molecule has 0 unspecified atom stereocenters. The predicted molar refractivity (Wildman–Crippen MR) is 62.1 cm³/mol. The van der Waals surface area contributed by atoms with Gasteiger partial charge in [0.15, 0.2) is 0 Å². The molecule has 0 radical (unpaired) electrons. The lowest BCUT2D eigenvalue weighted by atomic mass is 10.1. The van der Waals surface area contributed by atoms with Crippen molar-refractivity contribution in [2.24, 2.45) is 4.99 Å². The standard InChI is InChI=1S/C11H8F3NO2S/c1-2-17-10(16)8-4-3-7(15-6-18)5-9(8)11(12,13)14/h3-5H,2H2,1H3. The Labute approximate surface area is 106 Å². The number of esters is 1. The minimum atomic E-state index is -4.67. The molecule has 1 aromatic rings. The number of ether oxygens (including phenoxy) is 1. The van der Waals surface area contributed by atoms with Crippen LogP contribution in [-0.2, 0) is 10.9 Å². The molecule has 0 aromatic heterocycles. The van der Waals surface area contributed by atoms with Crippen molar-refractivity contribution in [3.63, 3.8) is 0 Å². The number of nitrogens with zero attached hydrogens (tertiary/aromatic N) is 1. The zero-order chi connectivity index (χ0) is 13.8. The van der Waals surface area contributed by atoms with Gasteiger partial charge in [-0.2, -0.15) is 18.2 Å². The van der Waals surface area contributed by atoms with Crippen LogP contribution in [0.1, 0.15) is 22.8 Å². The van der Waals surface area contributed by atoms with Crippen LogP contribution in [0.4, 0.5) is 18.9 Å². The van der Waals surface area contributed by atoms with Crippen LogP contribution >= 0.6 is 12.2 Å². The summed E-state index contributed by atoms with van der Waals surface area (Å²) in [6.07, 6.45) is -4.67. The normalized spacial score (nSPS) is 10.7. The first kappa shape index (κ1) is 14.3. The zero-order valence-corrected chi connectivity index (χ0v) is 10.1. The molecule has 0 aliphatic heterocycles. The molecule has 7 heteroatoms. The number of benzene rings is 1. The summed E-state index contributed by atoms with van der Waals surface area (Å²) in [5.41, 5.74) is -1.68. The van der Waals surface area contributed by atoms with E-state index >= 15 is 0 Å². The lowest BCUT2D eigenvalue weighted by Gasteiger charge is -2.12. The molecule has 1 rings (SSSR count). The summed E-state index contributed by atoms with van der Waals surface area (Å²) in [4.78, 5) is 14.8. The molecule has 0 spiro atoms. The van der Waals surface area contributed by atoms with Crippen molar-refractivity contribution < 1.29 is 22.7 Å². The fraction of sp³-hybridized carbons (Fsp3) is 0.273. The average molecular weight is 275 g/mol. The molecule has 0 aliphatic rings. The quantitative estimate of drug-likeness (QED) is 0.480. The van der Waals surface area contributed by atoms with Crippen molar-refractivity contribution >= 4 is 29.0 Å². The molecule has 0 atom stereocenters. The zero-order valence-electron chi connectivity index (χ0n) is 9.25. The molecule has 1 aromatic carbocycles. The summed E-state index contributed by atoms with van der Waals surface area (Å²) < 4.78 is 42.9. The lowest BCUT2D eigenvalue weighted by Crippen LogP contribution is -2.15. The van der Waals surface area contributed by atoms with Gasteiger partial charge in [-0.25, -0.2) is 4.79 Å². The van der Waals surface area contributed by atoms with E-state index in [1.807, 2.05) is 5.16 Å². The summed E-state index contributed by atoms with van der Waals surface area (Å²) in [5.74, 6) is -1.03. The third-order valence-electron chi connectivity index (χ3n) is 1.98. The number of rotatable bonds is 3. The van der Waals surface area contributed by atoms with Gasteiger partial charge >= 0.3 is 12.1 Å². The van der Waals surface area contributed by atoms with Crippen molar-refractivity contribution in [1.82, 2.24) is 0 Å². The number of carbonyl (C=O) groups excluding carboxylic acids is 1. The molecule has 0 amide bonds. The fourth-order valence-electron chi connectivity index (χ4n) is 1.28. The number of thiocarbonyl (C=S) groups is 1. The number of halogens is 3. The second-order valence-electron chi connectivity index (χ2n) is 3.15. The second-order valence-corrected chi connectivity index (χ2v) is 3.33. The monoisotopic (exact) mass is 275 g/mol. The molecule has 0 fully saturated rings. The largest absolute Gasteiger partial charge is 0.462 e. The molecule has 0 bridgehead atoms. The Morgan fingerprint density at radius 3 is 2.67 bits per heavy atom. The Bertz CT molecular complexity index is 508. The third-order valence-corrected chi connectivity index (χ3v) is 2.07. The minimum absolute atomic E-state index is 0.00400. The van der Waals surface area contributed by atoms with E-state index < -0.39 is 23.3 Å². The van der Waals surface area contributed by atoms with Crippen LogP contribution in [-0.4, -0.2) is 17.7 Å². The van der Waals surface area contributed by atoms with E-state index in [0.717, 1.165) is 12.1 Å². The van der Waals surface area contributed by atoms with Gasteiger partial charge in [0.2, 0.25) is 0 Å². The van der Waals surface area contributed by atoms with Crippen LogP contribution in [0, 0.1) is 0 Å². The smallest absolute Gasteiger partial charge is 0.417 e. The highest BCUT2D eigenvalue weighted by Gasteiger charge is 2.36. The second kappa shape index (κ2) is 5.75. The van der Waals surface area contributed by atoms with Crippen LogP contribution in [0.2, 0.25) is 0 Å². The number of hydrogen-bond acceptors (Lipinski definition) is 4. The number of carbonyl (C=O) groups is 1. The maximum atomic E-state index is 12.8. The molecule has 3 nitrogen and oxygen atoms in total. The van der Waals surface area contributed by atoms with E-state index in [-0.39, 0.29) is 12.3 Å². The molecule has 0 aliphatic carbocycles. The van der Waals surface area contributed by atoms with Gasteiger partial charge in [0.05, 0.1) is 28.6 Å².